The number of carbonyl (C=O) groups excluding carboxylic acids is 2. The van der Waals surface area contributed by atoms with Gasteiger partial charge < -0.3 is 10.2 Å². The third-order valence-corrected chi connectivity index (χ3v) is 3.62. The minimum atomic E-state index is 0.0775. The van der Waals surface area contributed by atoms with Crippen molar-refractivity contribution in [2.45, 2.75) is 33.1 Å². The third-order valence-electron chi connectivity index (χ3n) is 3.62. The van der Waals surface area contributed by atoms with Crippen LogP contribution >= 0.6 is 0 Å². The molecule has 1 aliphatic rings. The molecule has 108 valence electrons. The summed E-state index contributed by atoms with van der Waals surface area (Å²) in [6, 6.07) is 7.98. The van der Waals surface area contributed by atoms with Gasteiger partial charge in [0.05, 0.1) is 0 Å². The highest BCUT2D eigenvalue weighted by atomic mass is 16.2. The Bertz CT molecular complexity index is 482. The first-order valence-corrected chi connectivity index (χ1v) is 7.24. The van der Waals surface area contributed by atoms with Gasteiger partial charge >= 0.3 is 0 Å². The van der Waals surface area contributed by atoms with Gasteiger partial charge in [-0.1, -0.05) is 24.6 Å². The van der Waals surface area contributed by atoms with Crippen LogP contribution in [0, 0.1) is 12.8 Å². The predicted molar refractivity (Wildman–Crippen MR) is 79.6 cm³/mol. The van der Waals surface area contributed by atoms with Crippen LogP contribution in [0.5, 0.6) is 0 Å². The van der Waals surface area contributed by atoms with Gasteiger partial charge in [0.1, 0.15) is 0 Å². The summed E-state index contributed by atoms with van der Waals surface area (Å²) in [5.41, 5.74) is 2.13. The molecule has 2 rings (SSSR count). The van der Waals surface area contributed by atoms with Crippen LogP contribution in [0.2, 0.25) is 0 Å². The number of nitrogens with zero attached hydrogens (tertiary/aromatic N) is 1. The maximum atomic E-state index is 12.1. The first-order valence-electron chi connectivity index (χ1n) is 7.24. The molecule has 1 aromatic rings. The van der Waals surface area contributed by atoms with Crippen LogP contribution in [0.15, 0.2) is 24.3 Å². The number of rotatable bonds is 5. The normalized spacial score (nSPS) is 18.4. The van der Waals surface area contributed by atoms with Crippen molar-refractivity contribution < 1.29 is 9.59 Å². The van der Waals surface area contributed by atoms with Crippen molar-refractivity contribution in [3.63, 3.8) is 0 Å². The van der Waals surface area contributed by atoms with E-state index in [9.17, 15) is 9.59 Å². The largest absolute Gasteiger partial charge is 0.356 e. The molecule has 0 spiro atoms. The lowest BCUT2D eigenvalue weighted by atomic mass is 10.1. The van der Waals surface area contributed by atoms with Crippen molar-refractivity contribution in [2.75, 3.05) is 18.0 Å². The van der Waals surface area contributed by atoms with Gasteiger partial charge in [-0.25, -0.2) is 0 Å². The molecule has 0 radical (unpaired) electrons. The highest BCUT2D eigenvalue weighted by molar-refractivity contribution is 5.95. The lowest BCUT2D eigenvalue weighted by Gasteiger charge is -2.17. The van der Waals surface area contributed by atoms with Gasteiger partial charge in [-0.05, 0) is 25.5 Å². The second kappa shape index (κ2) is 6.55. The fraction of sp³-hybridized carbons (Fsp3) is 0.500. The number of benzene rings is 1. The van der Waals surface area contributed by atoms with Gasteiger partial charge in [-0.3, -0.25) is 9.59 Å². The van der Waals surface area contributed by atoms with Crippen LogP contribution in [0.1, 0.15) is 31.7 Å². The Morgan fingerprint density at radius 1 is 1.35 bits per heavy atom. The highest BCUT2D eigenvalue weighted by Crippen LogP contribution is 2.24. The summed E-state index contributed by atoms with van der Waals surface area (Å²) in [6.07, 6.45) is 1.92. The Morgan fingerprint density at radius 2 is 2.05 bits per heavy atom. The van der Waals surface area contributed by atoms with Crippen LogP contribution in [0.3, 0.4) is 0 Å². The number of hydrogen-bond acceptors (Lipinski definition) is 2. The summed E-state index contributed by atoms with van der Waals surface area (Å²) < 4.78 is 0. The summed E-state index contributed by atoms with van der Waals surface area (Å²) in [5, 5.41) is 2.91. The van der Waals surface area contributed by atoms with Crippen LogP contribution in [-0.4, -0.2) is 24.9 Å². The number of carbonyl (C=O) groups is 2. The average Bonchev–Trinajstić information content (AvgIpc) is 2.79. The molecular weight excluding hydrogens is 252 g/mol. The monoisotopic (exact) mass is 274 g/mol. The topological polar surface area (TPSA) is 49.4 Å². The highest BCUT2D eigenvalue weighted by Gasteiger charge is 2.30. The number of aryl methyl sites for hydroxylation is 1. The van der Waals surface area contributed by atoms with Crippen LogP contribution in [0.25, 0.3) is 0 Å². The Labute approximate surface area is 120 Å². The van der Waals surface area contributed by atoms with Crippen molar-refractivity contribution >= 4 is 17.5 Å². The fourth-order valence-electron chi connectivity index (χ4n) is 2.47. The summed E-state index contributed by atoms with van der Waals surface area (Å²) in [7, 11) is 0. The summed E-state index contributed by atoms with van der Waals surface area (Å²) in [5.74, 6) is 0.432. The molecule has 0 aromatic heterocycles. The zero-order valence-electron chi connectivity index (χ0n) is 12.2. The van der Waals surface area contributed by atoms with Crippen molar-refractivity contribution in [2.24, 2.45) is 5.92 Å². The van der Waals surface area contributed by atoms with E-state index in [1.54, 1.807) is 0 Å². The zero-order chi connectivity index (χ0) is 14.5. The molecule has 4 heteroatoms. The first kappa shape index (κ1) is 14.6. The second-order valence-electron chi connectivity index (χ2n) is 5.46. The fourth-order valence-corrected chi connectivity index (χ4v) is 2.47. The molecular formula is C16H22N2O2. The summed E-state index contributed by atoms with van der Waals surface area (Å²) in [6.45, 7) is 5.29. The number of anilines is 1. The molecule has 20 heavy (non-hydrogen) atoms. The van der Waals surface area contributed by atoms with E-state index >= 15 is 0 Å². The zero-order valence-corrected chi connectivity index (χ0v) is 12.2. The standard InChI is InChI=1S/C16H22N2O2/c1-3-4-15(19)17-10-13-9-16(20)18(11-13)14-7-5-12(2)6-8-14/h5-8,13H,3-4,9-11H2,1-2H3,(H,17,19). The minimum absolute atomic E-state index is 0.0775. The minimum Gasteiger partial charge on any atom is -0.356 e. The second-order valence-corrected chi connectivity index (χ2v) is 5.46. The molecule has 0 aliphatic carbocycles. The first-order chi connectivity index (χ1) is 9.60. The van der Waals surface area contributed by atoms with Gasteiger partial charge in [0.25, 0.3) is 0 Å². The lowest BCUT2D eigenvalue weighted by Crippen LogP contribution is -2.31. The molecule has 1 unspecified atom stereocenters. The van der Waals surface area contributed by atoms with E-state index in [-0.39, 0.29) is 17.7 Å². The van der Waals surface area contributed by atoms with E-state index < -0.39 is 0 Å². The van der Waals surface area contributed by atoms with Gasteiger partial charge in [0.2, 0.25) is 11.8 Å². The van der Waals surface area contributed by atoms with E-state index in [1.807, 2.05) is 43.0 Å². The third kappa shape index (κ3) is 3.59. The van der Waals surface area contributed by atoms with Crippen molar-refractivity contribution in [1.29, 1.82) is 0 Å². The van der Waals surface area contributed by atoms with Gasteiger partial charge in [-0.2, -0.15) is 0 Å². The lowest BCUT2D eigenvalue weighted by molar-refractivity contribution is -0.121. The van der Waals surface area contributed by atoms with E-state index in [0.717, 1.165) is 12.1 Å². The molecule has 0 bridgehead atoms. The molecule has 1 atom stereocenters. The van der Waals surface area contributed by atoms with Crippen molar-refractivity contribution in [1.82, 2.24) is 5.32 Å². The van der Waals surface area contributed by atoms with Crippen LogP contribution in [-0.2, 0) is 9.59 Å². The van der Waals surface area contributed by atoms with E-state index in [0.29, 0.717) is 25.9 Å². The SMILES string of the molecule is CCCC(=O)NCC1CC(=O)N(c2ccc(C)cc2)C1. The predicted octanol–water partition coefficient (Wildman–Crippen LogP) is 2.26. The van der Waals surface area contributed by atoms with Gasteiger partial charge in [0, 0.05) is 37.5 Å². The van der Waals surface area contributed by atoms with E-state index in [4.69, 9.17) is 0 Å². The molecule has 1 saturated heterocycles. The molecule has 1 N–H and O–H groups in total. The number of nitrogens with one attached hydrogen (secondary N) is 1. The maximum Gasteiger partial charge on any atom is 0.227 e. The Hall–Kier alpha value is -1.84. The molecule has 2 amide bonds. The van der Waals surface area contributed by atoms with Crippen molar-refractivity contribution in [3.05, 3.63) is 29.8 Å². The van der Waals surface area contributed by atoms with E-state index in [2.05, 4.69) is 5.32 Å². The molecule has 1 aliphatic heterocycles. The number of hydrogen-bond donors (Lipinski definition) is 1. The van der Waals surface area contributed by atoms with Crippen molar-refractivity contribution in [3.8, 4) is 0 Å². The molecule has 0 saturated carbocycles. The van der Waals surface area contributed by atoms with Gasteiger partial charge in [0.15, 0.2) is 0 Å². The molecule has 4 nitrogen and oxygen atoms in total. The van der Waals surface area contributed by atoms with E-state index in [1.165, 1.54) is 5.56 Å². The average molecular weight is 274 g/mol. The van der Waals surface area contributed by atoms with Crippen LogP contribution in [0.4, 0.5) is 5.69 Å². The number of amides is 2. The maximum absolute atomic E-state index is 12.1. The van der Waals surface area contributed by atoms with Crippen LogP contribution < -0.4 is 10.2 Å². The van der Waals surface area contributed by atoms with Gasteiger partial charge in [-0.15, -0.1) is 0 Å². The Balaban J connectivity index is 1.90. The Kier molecular flexibility index (Phi) is 4.77. The quantitative estimate of drug-likeness (QED) is 0.895. The molecule has 1 fully saturated rings. The summed E-state index contributed by atoms with van der Waals surface area (Å²) >= 11 is 0. The molecule has 1 aromatic carbocycles. The summed E-state index contributed by atoms with van der Waals surface area (Å²) in [4.78, 5) is 25.3. The Morgan fingerprint density at radius 3 is 2.70 bits per heavy atom. The molecule has 1 heterocycles. The smallest absolute Gasteiger partial charge is 0.227 e.